The largest absolute Gasteiger partial charge is 0.493 e. The number of thioether (sulfide) groups is 1. The Bertz CT molecular complexity index is 1470. The number of nitrogens with one attached hydrogen (secondary N) is 1. The van der Waals surface area contributed by atoms with Gasteiger partial charge in [-0.15, -0.1) is 0 Å². The maximum atomic E-state index is 13.2. The van der Waals surface area contributed by atoms with Crippen LogP contribution in [0.4, 0.5) is 15.8 Å². The van der Waals surface area contributed by atoms with E-state index in [1.54, 1.807) is 38.3 Å². The fraction of sp³-hybridized carbons (Fsp3) is 0.312. The molecule has 8 nitrogen and oxygen atoms in total. The molecule has 1 fully saturated rings. The van der Waals surface area contributed by atoms with Gasteiger partial charge >= 0.3 is 0 Å². The third-order valence-electron chi connectivity index (χ3n) is 7.52. The van der Waals surface area contributed by atoms with Crippen LogP contribution in [0.3, 0.4) is 0 Å². The van der Waals surface area contributed by atoms with Crippen LogP contribution in [0.1, 0.15) is 22.3 Å². The lowest BCUT2D eigenvalue weighted by molar-refractivity contribution is -0.114. The Morgan fingerprint density at radius 2 is 1.71 bits per heavy atom. The summed E-state index contributed by atoms with van der Waals surface area (Å²) in [4.78, 5) is 33.8. The second-order valence-corrected chi connectivity index (χ2v) is 11.3. The van der Waals surface area contributed by atoms with Gasteiger partial charge in [0.1, 0.15) is 5.82 Å². The number of ether oxygens (including phenoxy) is 2. The number of amides is 2. The van der Waals surface area contributed by atoms with Gasteiger partial charge in [0.25, 0.3) is 11.8 Å². The minimum atomic E-state index is -0.220. The summed E-state index contributed by atoms with van der Waals surface area (Å²) in [5, 5.41) is 3.02. The zero-order chi connectivity index (χ0) is 29.6. The highest BCUT2D eigenvalue weighted by atomic mass is 32.2. The van der Waals surface area contributed by atoms with E-state index in [1.807, 2.05) is 42.5 Å². The van der Waals surface area contributed by atoms with Crippen molar-refractivity contribution in [2.75, 3.05) is 70.3 Å². The molecule has 0 atom stereocenters. The lowest BCUT2D eigenvalue weighted by Crippen LogP contribution is -2.47. The second-order valence-electron chi connectivity index (χ2n) is 10.2. The average molecular weight is 591 g/mol. The number of hydrogen-bond acceptors (Lipinski definition) is 7. The molecule has 42 heavy (non-hydrogen) atoms. The Morgan fingerprint density at radius 3 is 2.43 bits per heavy atom. The van der Waals surface area contributed by atoms with Crippen LogP contribution >= 0.6 is 11.8 Å². The number of rotatable bonds is 9. The normalized spacial score (nSPS) is 16.4. The van der Waals surface area contributed by atoms with E-state index in [-0.39, 0.29) is 17.6 Å². The van der Waals surface area contributed by atoms with Crippen molar-refractivity contribution in [3.05, 3.63) is 82.5 Å². The third kappa shape index (κ3) is 6.71. The first-order valence-corrected chi connectivity index (χ1v) is 14.7. The van der Waals surface area contributed by atoms with E-state index in [1.165, 1.54) is 23.9 Å². The lowest BCUT2D eigenvalue weighted by atomic mass is 10.1. The molecule has 10 heteroatoms. The Hall–Kier alpha value is -4.02. The topological polar surface area (TPSA) is 74.4 Å². The molecular weight excluding hydrogens is 555 g/mol. The van der Waals surface area contributed by atoms with Crippen molar-refractivity contribution in [1.29, 1.82) is 0 Å². The van der Waals surface area contributed by atoms with Crippen LogP contribution < -0.4 is 24.6 Å². The van der Waals surface area contributed by atoms with E-state index < -0.39 is 0 Å². The molecule has 5 rings (SSSR count). The van der Waals surface area contributed by atoms with Crippen molar-refractivity contribution >= 4 is 41.0 Å². The van der Waals surface area contributed by atoms with Gasteiger partial charge in [0, 0.05) is 55.9 Å². The fourth-order valence-corrected chi connectivity index (χ4v) is 6.21. The maximum absolute atomic E-state index is 13.2. The van der Waals surface area contributed by atoms with Gasteiger partial charge in [-0.25, -0.2) is 4.39 Å². The van der Waals surface area contributed by atoms with E-state index in [0.29, 0.717) is 34.2 Å². The van der Waals surface area contributed by atoms with Gasteiger partial charge in [-0.1, -0.05) is 17.8 Å². The highest BCUT2D eigenvalue weighted by molar-refractivity contribution is 8.04. The number of benzene rings is 3. The SMILES string of the molecule is COc1ccc(/C=C2\Sc3ccc(C(=O)NCCCN4CCN(c5ccc(F)cc5)CC4)cc3N(C)C2=O)cc1OC. The van der Waals surface area contributed by atoms with Gasteiger partial charge in [0.05, 0.1) is 24.8 Å². The molecule has 3 aromatic carbocycles. The summed E-state index contributed by atoms with van der Waals surface area (Å²) in [5.41, 5.74) is 3.10. The molecule has 0 saturated carbocycles. The molecule has 0 unspecified atom stereocenters. The second kappa shape index (κ2) is 13.3. The summed E-state index contributed by atoms with van der Waals surface area (Å²) in [5.74, 6) is 0.699. The number of hydrogen-bond donors (Lipinski definition) is 1. The number of piperazine rings is 1. The molecule has 3 aromatic rings. The summed E-state index contributed by atoms with van der Waals surface area (Å²) in [6.07, 6.45) is 2.67. The fourth-order valence-electron chi connectivity index (χ4n) is 5.12. The van der Waals surface area contributed by atoms with E-state index in [4.69, 9.17) is 9.47 Å². The molecule has 2 heterocycles. The molecule has 2 aliphatic heterocycles. The van der Waals surface area contributed by atoms with Crippen molar-refractivity contribution in [2.45, 2.75) is 11.3 Å². The van der Waals surface area contributed by atoms with Crippen LogP contribution in [0, 0.1) is 5.82 Å². The lowest BCUT2D eigenvalue weighted by Gasteiger charge is -2.36. The summed E-state index contributed by atoms with van der Waals surface area (Å²) in [7, 11) is 4.88. The zero-order valence-electron chi connectivity index (χ0n) is 24.1. The third-order valence-corrected chi connectivity index (χ3v) is 8.60. The number of carbonyl (C=O) groups is 2. The molecule has 1 N–H and O–H groups in total. The number of carbonyl (C=O) groups excluding carboxylic acids is 2. The van der Waals surface area contributed by atoms with Crippen LogP contribution in [0.25, 0.3) is 6.08 Å². The molecule has 0 bridgehead atoms. The average Bonchev–Trinajstić information content (AvgIpc) is 3.02. The minimum absolute atomic E-state index is 0.139. The van der Waals surface area contributed by atoms with Crippen LogP contribution in [0.5, 0.6) is 11.5 Å². The van der Waals surface area contributed by atoms with E-state index in [0.717, 1.165) is 55.3 Å². The molecular formula is C32H35FN4O4S. The number of nitrogens with zero attached hydrogens (tertiary/aromatic N) is 3. The standard InChI is InChI=1S/C32H35FN4O4S/c1-35-26-21-23(6-12-29(26)42-30(32(35)39)20-22-5-11-27(40-2)28(19-22)41-3)31(38)34-13-4-14-36-15-17-37(18-16-36)25-9-7-24(33)8-10-25/h5-12,19-21H,4,13-18H2,1-3H3,(H,34,38)/b30-20-. The van der Waals surface area contributed by atoms with Gasteiger partial charge in [0.2, 0.25) is 0 Å². The van der Waals surface area contributed by atoms with Gasteiger partial charge in [-0.3, -0.25) is 14.5 Å². The Labute approximate surface area is 250 Å². The molecule has 0 radical (unpaired) electrons. The maximum Gasteiger partial charge on any atom is 0.264 e. The van der Waals surface area contributed by atoms with Crippen LogP contribution in [0.2, 0.25) is 0 Å². The summed E-state index contributed by atoms with van der Waals surface area (Å²) in [6.45, 7) is 5.10. The van der Waals surface area contributed by atoms with Crippen molar-refractivity contribution in [3.63, 3.8) is 0 Å². The number of halogens is 1. The summed E-state index contributed by atoms with van der Waals surface area (Å²) in [6, 6.07) is 17.6. The predicted octanol–water partition coefficient (Wildman–Crippen LogP) is 4.89. The van der Waals surface area contributed by atoms with Crippen molar-refractivity contribution in [2.24, 2.45) is 0 Å². The molecule has 0 aromatic heterocycles. The monoisotopic (exact) mass is 590 g/mol. The molecule has 0 aliphatic carbocycles. The number of anilines is 2. The number of fused-ring (bicyclic) bond motifs is 1. The van der Waals surface area contributed by atoms with E-state index >= 15 is 0 Å². The minimum Gasteiger partial charge on any atom is -0.493 e. The molecule has 2 aliphatic rings. The van der Waals surface area contributed by atoms with Crippen LogP contribution in [-0.2, 0) is 4.79 Å². The Morgan fingerprint density at radius 1 is 0.976 bits per heavy atom. The first-order chi connectivity index (χ1) is 20.4. The van der Waals surface area contributed by atoms with E-state index in [2.05, 4.69) is 15.1 Å². The first kappa shape index (κ1) is 29.5. The molecule has 0 spiro atoms. The predicted molar refractivity (Wildman–Crippen MR) is 165 cm³/mol. The molecule has 1 saturated heterocycles. The highest BCUT2D eigenvalue weighted by Crippen LogP contribution is 2.42. The molecule has 220 valence electrons. The van der Waals surface area contributed by atoms with Gasteiger partial charge in [-0.05, 0) is 79.2 Å². The van der Waals surface area contributed by atoms with Crippen molar-refractivity contribution in [3.8, 4) is 11.5 Å². The summed E-state index contributed by atoms with van der Waals surface area (Å²) < 4.78 is 23.9. The van der Waals surface area contributed by atoms with Gasteiger partial charge < -0.3 is 24.6 Å². The van der Waals surface area contributed by atoms with Crippen molar-refractivity contribution < 1.29 is 23.5 Å². The number of likely N-dealkylation sites (N-methyl/N-ethyl adjacent to an activating group) is 1. The van der Waals surface area contributed by atoms with Crippen LogP contribution in [-0.4, -0.2) is 77.3 Å². The smallest absolute Gasteiger partial charge is 0.264 e. The van der Waals surface area contributed by atoms with Crippen molar-refractivity contribution in [1.82, 2.24) is 10.2 Å². The highest BCUT2D eigenvalue weighted by Gasteiger charge is 2.27. The zero-order valence-corrected chi connectivity index (χ0v) is 24.9. The number of methoxy groups -OCH3 is 2. The Kier molecular flexibility index (Phi) is 9.34. The Balaban J connectivity index is 1.13. The quantitative estimate of drug-likeness (QED) is 0.281. The van der Waals surface area contributed by atoms with Gasteiger partial charge in [0.15, 0.2) is 11.5 Å². The molecule has 2 amide bonds. The van der Waals surface area contributed by atoms with Crippen LogP contribution in [0.15, 0.2) is 70.5 Å². The summed E-state index contributed by atoms with van der Waals surface area (Å²) >= 11 is 1.38. The van der Waals surface area contributed by atoms with Gasteiger partial charge in [-0.2, -0.15) is 0 Å². The first-order valence-electron chi connectivity index (χ1n) is 13.9. The van der Waals surface area contributed by atoms with E-state index in [9.17, 15) is 14.0 Å².